The molecule has 2 rings (SSSR count). The van der Waals surface area contributed by atoms with Gasteiger partial charge >= 0.3 is 0 Å². The van der Waals surface area contributed by atoms with Crippen LogP contribution in [0.1, 0.15) is 32.6 Å². The number of amides is 1. The molecule has 2 aliphatic heterocycles. The smallest absolute Gasteiger partial charge is 0.246 e. The Morgan fingerprint density at radius 3 is 2.74 bits per heavy atom. The van der Waals surface area contributed by atoms with Crippen LogP contribution in [-0.2, 0) is 14.3 Å². The number of hydrogen-bond donors (Lipinski definition) is 2. The number of hydrogen-bond acceptors (Lipinski definition) is 4. The van der Waals surface area contributed by atoms with E-state index in [9.17, 15) is 4.79 Å². The quantitative estimate of drug-likeness (QED) is 0.771. The lowest BCUT2D eigenvalue weighted by atomic mass is 9.82. The third kappa shape index (κ3) is 5.09. The molecule has 2 fully saturated rings. The standard InChI is InChI=1S/C14H26N2O3/c1-14(4-8-18-9-5-14)11-16-13(17)10-19-12-2-6-15-7-3-12/h12,15H,2-11H2,1H3,(H,16,17). The van der Waals surface area contributed by atoms with Crippen LogP contribution in [0.25, 0.3) is 0 Å². The number of rotatable bonds is 5. The summed E-state index contributed by atoms with van der Waals surface area (Å²) in [5, 5.41) is 6.28. The second-order valence-electron chi connectivity index (χ2n) is 5.96. The van der Waals surface area contributed by atoms with E-state index in [4.69, 9.17) is 9.47 Å². The van der Waals surface area contributed by atoms with E-state index in [0.29, 0.717) is 0 Å². The van der Waals surface area contributed by atoms with E-state index in [1.54, 1.807) is 0 Å². The predicted molar refractivity (Wildman–Crippen MR) is 73.0 cm³/mol. The number of carbonyl (C=O) groups is 1. The van der Waals surface area contributed by atoms with Gasteiger partial charge in [0.2, 0.25) is 5.91 Å². The summed E-state index contributed by atoms with van der Waals surface area (Å²) in [5.41, 5.74) is 0.183. The van der Waals surface area contributed by atoms with Gasteiger partial charge in [-0.2, -0.15) is 0 Å². The molecule has 0 aliphatic carbocycles. The zero-order valence-corrected chi connectivity index (χ0v) is 11.9. The molecule has 0 aromatic rings. The fourth-order valence-corrected chi connectivity index (χ4v) is 2.56. The minimum absolute atomic E-state index is 0.00579. The van der Waals surface area contributed by atoms with Crippen LogP contribution in [0.5, 0.6) is 0 Å². The maximum atomic E-state index is 11.8. The van der Waals surface area contributed by atoms with Crippen molar-refractivity contribution in [1.82, 2.24) is 10.6 Å². The molecule has 5 nitrogen and oxygen atoms in total. The fourth-order valence-electron chi connectivity index (χ4n) is 2.56. The SMILES string of the molecule is CC1(CNC(=O)COC2CCNCC2)CCOCC1. The highest BCUT2D eigenvalue weighted by molar-refractivity contribution is 5.77. The van der Waals surface area contributed by atoms with Crippen LogP contribution in [0, 0.1) is 5.41 Å². The summed E-state index contributed by atoms with van der Waals surface area (Å²) >= 11 is 0. The lowest BCUT2D eigenvalue weighted by molar-refractivity contribution is -0.129. The number of nitrogens with one attached hydrogen (secondary N) is 2. The summed E-state index contributed by atoms with van der Waals surface area (Å²) in [7, 11) is 0. The molecular formula is C14H26N2O3. The molecule has 110 valence electrons. The number of carbonyl (C=O) groups excluding carboxylic acids is 1. The Bertz CT molecular complexity index is 284. The van der Waals surface area contributed by atoms with Gasteiger partial charge in [0.05, 0.1) is 6.10 Å². The first-order valence-electron chi connectivity index (χ1n) is 7.35. The summed E-state index contributed by atoms with van der Waals surface area (Å²) in [6, 6.07) is 0. The maximum Gasteiger partial charge on any atom is 0.246 e. The summed E-state index contributed by atoms with van der Waals surface area (Å²) in [6.07, 6.45) is 4.28. The Labute approximate surface area is 115 Å². The molecule has 0 aromatic carbocycles. The lowest BCUT2D eigenvalue weighted by Crippen LogP contribution is -2.41. The molecule has 0 atom stereocenters. The average Bonchev–Trinajstić information content (AvgIpc) is 2.45. The molecular weight excluding hydrogens is 244 g/mol. The van der Waals surface area contributed by atoms with Crippen LogP contribution in [-0.4, -0.2) is 51.5 Å². The molecule has 2 saturated heterocycles. The first kappa shape index (κ1) is 14.8. The molecule has 2 aliphatic rings. The van der Waals surface area contributed by atoms with Crippen molar-refractivity contribution < 1.29 is 14.3 Å². The highest BCUT2D eigenvalue weighted by atomic mass is 16.5. The zero-order valence-electron chi connectivity index (χ0n) is 11.9. The van der Waals surface area contributed by atoms with Crippen molar-refractivity contribution in [2.75, 3.05) is 39.5 Å². The molecule has 0 saturated carbocycles. The van der Waals surface area contributed by atoms with E-state index in [1.807, 2.05) is 0 Å². The van der Waals surface area contributed by atoms with Gasteiger partial charge in [-0.25, -0.2) is 0 Å². The lowest BCUT2D eigenvalue weighted by Gasteiger charge is -2.33. The van der Waals surface area contributed by atoms with Gasteiger partial charge in [0.1, 0.15) is 6.61 Å². The first-order chi connectivity index (χ1) is 9.18. The third-order valence-corrected chi connectivity index (χ3v) is 4.15. The Hall–Kier alpha value is -0.650. The minimum Gasteiger partial charge on any atom is -0.381 e. The van der Waals surface area contributed by atoms with Gasteiger partial charge in [-0.1, -0.05) is 6.92 Å². The second kappa shape index (κ2) is 7.22. The van der Waals surface area contributed by atoms with Gasteiger partial charge in [0.15, 0.2) is 0 Å². The highest BCUT2D eigenvalue weighted by Gasteiger charge is 2.27. The Morgan fingerprint density at radius 2 is 2.05 bits per heavy atom. The van der Waals surface area contributed by atoms with E-state index >= 15 is 0 Å². The van der Waals surface area contributed by atoms with E-state index in [2.05, 4.69) is 17.6 Å². The summed E-state index contributed by atoms with van der Waals surface area (Å²) in [5.74, 6) is 0.00579. The minimum atomic E-state index is 0.00579. The molecule has 1 amide bonds. The van der Waals surface area contributed by atoms with Crippen LogP contribution in [0.4, 0.5) is 0 Å². The van der Waals surface area contributed by atoms with Crippen LogP contribution in [0.3, 0.4) is 0 Å². The van der Waals surface area contributed by atoms with E-state index in [0.717, 1.165) is 58.5 Å². The average molecular weight is 270 g/mol. The molecule has 0 spiro atoms. The Balaban J connectivity index is 1.61. The van der Waals surface area contributed by atoms with Gasteiger partial charge < -0.3 is 20.1 Å². The molecule has 0 radical (unpaired) electrons. The molecule has 0 unspecified atom stereocenters. The summed E-state index contributed by atoms with van der Waals surface area (Å²) in [6.45, 7) is 6.72. The van der Waals surface area contributed by atoms with Gasteiger partial charge in [-0.15, -0.1) is 0 Å². The van der Waals surface area contributed by atoms with E-state index in [-0.39, 0.29) is 24.0 Å². The number of piperidine rings is 1. The zero-order chi connectivity index (χ0) is 13.6. The monoisotopic (exact) mass is 270 g/mol. The van der Waals surface area contributed by atoms with Crippen LogP contribution in [0.2, 0.25) is 0 Å². The highest BCUT2D eigenvalue weighted by Crippen LogP contribution is 2.28. The van der Waals surface area contributed by atoms with Gasteiger partial charge in [-0.05, 0) is 44.2 Å². The summed E-state index contributed by atoms with van der Waals surface area (Å²) < 4.78 is 11.0. The molecule has 2 heterocycles. The molecule has 0 aromatic heterocycles. The molecule has 0 bridgehead atoms. The maximum absolute atomic E-state index is 11.8. The first-order valence-corrected chi connectivity index (χ1v) is 7.35. The largest absolute Gasteiger partial charge is 0.381 e. The predicted octanol–water partition coefficient (Wildman–Crippen LogP) is 0.688. The van der Waals surface area contributed by atoms with Crippen molar-refractivity contribution in [1.29, 1.82) is 0 Å². The second-order valence-corrected chi connectivity index (χ2v) is 5.96. The molecule has 2 N–H and O–H groups in total. The van der Waals surface area contributed by atoms with Gasteiger partial charge in [0.25, 0.3) is 0 Å². The molecule has 19 heavy (non-hydrogen) atoms. The van der Waals surface area contributed by atoms with Crippen LogP contribution < -0.4 is 10.6 Å². The normalized spacial score (nSPS) is 24.1. The van der Waals surface area contributed by atoms with Crippen LogP contribution in [0.15, 0.2) is 0 Å². The van der Waals surface area contributed by atoms with Gasteiger partial charge in [-0.3, -0.25) is 4.79 Å². The third-order valence-electron chi connectivity index (χ3n) is 4.15. The number of ether oxygens (including phenoxy) is 2. The van der Waals surface area contributed by atoms with Crippen molar-refractivity contribution in [3.05, 3.63) is 0 Å². The fraction of sp³-hybridized carbons (Fsp3) is 0.929. The van der Waals surface area contributed by atoms with Crippen molar-refractivity contribution in [2.24, 2.45) is 5.41 Å². The Morgan fingerprint density at radius 1 is 1.37 bits per heavy atom. The van der Waals surface area contributed by atoms with E-state index in [1.165, 1.54) is 0 Å². The van der Waals surface area contributed by atoms with Crippen molar-refractivity contribution in [2.45, 2.75) is 38.7 Å². The Kier molecular flexibility index (Phi) is 5.60. The summed E-state index contributed by atoms with van der Waals surface area (Å²) in [4.78, 5) is 11.8. The van der Waals surface area contributed by atoms with Gasteiger partial charge in [0, 0.05) is 19.8 Å². The van der Waals surface area contributed by atoms with Crippen molar-refractivity contribution in [3.8, 4) is 0 Å². The van der Waals surface area contributed by atoms with Crippen molar-refractivity contribution in [3.63, 3.8) is 0 Å². The van der Waals surface area contributed by atoms with Crippen LogP contribution >= 0.6 is 0 Å². The van der Waals surface area contributed by atoms with E-state index < -0.39 is 0 Å². The topological polar surface area (TPSA) is 59.6 Å². The molecule has 5 heteroatoms. The van der Waals surface area contributed by atoms with Crippen molar-refractivity contribution >= 4 is 5.91 Å².